The molecule has 1 aliphatic carbocycles. The van der Waals surface area contributed by atoms with Gasteiger partial charge in [0.05, 0.1) is 8.66 Å². The first-order chi connectivity index (χ1) is 8.72. The lowest BCUT2D eigenvalue weighted by Crippen LogP contribution is -2.07. The van der Waals surface area contributed by atoms with E-state index in [1.54, 1.807) is 11.3 Å². The van der Waals surface area contributed by atoms with Crippen molar-refractivity contribution in [2.75, 3.05) is 5.73 Å². The van der Waals surface area contributed by atoms with E-state index in [0.29, 0.717) is 17.7 Å². The number of halogens is 1. The number of aromatic nitrogens is 3. The average Bonchev–Trinajstić information content (AvgIpc) is 2.98. The lowest BCUT2D eigenvalue weighted by molar-refractivity contribution is 0.665. The zero-order valence-electron chi connectivity index (χ0n) is 9.77. The van der Waals surface area contributed by atoms with Gasteiger partial charge in [-0.1, -0.05) is 12.8 Å². The molecule has 94 valence electrons. The maximum atomic E-state index is 5.80. The predicted molar refractivity (Wildman–Crippen MR) is 76.5 cm³/mol. The molecule has 2 aromatic heterocycles. The first kappa shape index (κ1) is 12.0. The van der Waals surface area contributed by atoms with Crippen LogP contribution in [0.15, 0.2) is 15.9 Å². The Morgan fingerprint density at radius 1 is 1.17 bits per heavy atom. The fourth-order valence-corrected chi connectivity index (χ4v) is 3.64. The van der Waals surface area contributed by atoms with Crippen LogP contribution >= 0.6 is 27.3 Å². The number of nitrogen functional groups attached to an aromatic ring is 1. The van der Waals surface area contributed by atoms with Gasteiger partial charge in [-0.25, -0.2) is 4.98 Å². The molecule has 6 heteroatoms. The van der Waals surface area contributed by atoms with Crippen molar-refractivity contribution < 1.29 is 0 Å². The summed E-state index contributed by atoms with van der Waals surface area (Å²) in [6.45, 7) is 0. The maximum absolute atomic E-state index is 5.80. The zero-order valence-corrected chi connectivity index (χ0v) is 12.2. The highest BCUT2D eigenvalue weighted by atomic mass is 79.9. The van der Waals surface area contributed by atoms with Crippen molar-refractivity contribution in [3.05, 3.63) is 21.7 Å². The van der Waals surface area contributed by atoms with Gasteiger partial charge in [-0.05, 0) is 40.9 Å². The van der Waals surface area contributed by atoms with Crippen molar-refractivity contribution in [3.8, 4) is 10.7 Å². The van der Waals surface area contributed by atoms with Crippen LogP contribution in [0.25, 0.3) is 10.7 Å². The summed E-state index contributed by atoms with van der Waals surface area (Å²) < 4.78 is 1.07. The fourth-order valence-electron chi connectivity index (χ4n) is 2.32. The average molecular weight is 325 g/mol. The molecular weight excluding hydrogens is 312 g/mol. The molecule has 0 aromatic carbocycles. The molecule has 0 saturated heterocycles. The summed E-state index contributed by atoms with van der Waals surface area (Å²) in [7, 11) is 0. The smallest absolute Gasteiger partial charge is 0.223 e. The highest BCUT2D eigenvalue weighted by molar-refractivity contribution is 9.11. The van der Waals surface area contributed by atoms with E-state index >= 15 is 0 Å². The molecule has 1 saturated carbocycles. The number of hydrogen-bond donors (Lipinski definition) is 1. The summed E-state index contributed by atoms with van der Waals surface area (Å²) in [4.78, 5) is 14.1. The minimum atomic E-state index is 0.325. The molecule has 1 fully saturated rings. The fraction of sp³-hybridized carbons (Fsp3) is 0.417. The quantitative estimate of drug-likeness (QED) is 0.916. The molecule has 4 nitrogen and oxygen atoms in total. The van der Waals surface area contributed by atoms with Gasteiger partial charge in [0, 0.05) is 5.92 Å². The van der Waals surface area contributed by atoms with Gasteiger partial charge in [0.25, 0.3) is 0 Å². The largest absolute Gasteiger partial charge is 0.368 e. The first-order valence-corrected chi connectivity index (χ1v) is 7.60. The number of anilines is 1. The highest BCUT2D eigenvalue weighted by Crippen LogP contribution is 2.34. The van der Waals surface area contributed by atoms with E-state index in [4.69, 9.17) is 5.73 Å². The summed E-state index contributed by atoms with van der Waals surface area (Å²) in [6, 6.07) is 4.00. The molecular formula is C12H13BrN4S. The second-order valence-corrected chi connectivity index (χ2v) is 6.92. The molecule has 18 heavy (non-hydrogen) atoms. The monoisotopic (exact) mass is 324 g/mol. The van der Waals surface area contributed by atoms with Crippen LogP contribution in [0.4, 0.5) is 5.95 Å². The Morgan fingerprint density at radius 2 is 1.94 bits per heavy atom. The predicted octanol–water partition coefficient (Wildman–Crippen LogP) is 3.60. The van der Waals surface area contributed by atoms with E-state index in [-0.39, 0.29) is 0 Å². The molecule has 0 radical (unpaired) electrons. The van der Waals surface area contributed by atoms with Crippen LogP contribution < -0.4 is 5.73 Å². The van der Waals surface area contributed by atoms with E-state index in [9.17, 15) is 0 Å². The molecule has 0 amide bonds. The molecule has 0 atom stereocenters. The third kappa shape index (κ3) is 2.40. The summed E-state index contributed by atoms with van der Waals surface area (Å²) in [5, 5.41) is 0. The third-order valence-corrected chi connectivity index (χ3v) is 4.80. The van der Waals surface area contributed by atoms with Crippen LogP contribution in [0.1, 0.15) is 37.4 Å². The Morgan fingerprint density at radius 3 is 2.61 bits per heavy atom. The maximum Gasteiger partial charge on any atom is 0.223 e. The number of nitrogens with two attached hydrogens (primary N) is 1. The van der Waals surface area contributed by atoms with Gasteiger partial charge in [0.2, 0.25) is 5.95 Å². The lowest BCUT2D eigenvalue weighted by Gasteiger charge is -2.08. The molecule has 0 spiro atoms. The van der Waals surface area contributed by atoms with Crippen LogP contribution in [0, 0.1) is 0 Å². The summed E-state index contributed by atoms with van der Waals surface area (Å²) >= 11 is 5.06. The van der Waals surface area contributed by atoms with Crippen molar-refractivity contribution in [1.82, 2.24) is 15.0 Å². The SMILES string of the molecule is Nc1nc(-c2ccc(Br)s2)nc(C2CCCC2)n1. The Balaban J connectivity index is 1.99. The van der Waals surface area contributed by atoms with Crippen LogP contribution in [-0.2, 0) is 0 Å². The van der Waals surface area contributed by atoms with E-state index in [2.05, 4.69) is 30.9 Å². The van der Waals surface area contributed by atoms with Crippen LogP contribution in [0.5, 0.6) is 0 Å². The van der Waals surface area contributed by atoms with Crippen molar-refractivity contribution >= 4 is 33.2 Å². The normalized spacial score (nSPS) is 16.3. The molecule has 2 heterocycles. The molecule has 0 bridgehead atoms. The van der Waals surface area contributed by atoms with Gasteiger partial charge in [-0.15, -0.1) is 11.3 Å². The van der Waals surface area contributed by atoms with Crippen LogP contribution in [0.3, 0.4) is 0 Å². The highest BCUT2D eigenvalue weighted by Gasteiger charge is 2.21. The van der Waals surface area contributed by atoms with E-state index in [1.807, 2.05) is 12.1 Å². The topological polar surface area (TPSA) is 64.7 Å². The van der Waals surface area contributed by atoms with Crippen LogP contribution in [0.2, 0.25) is 0 Å². The van der Waals surface area contributed by atoms with Crippen molar-refractivity contribution in [2.24, 2.45) is 0 Å². The molecule has 2 N–H and O–H groups in total. The van der Waals surface area contributed by atoms with Crippen molar-refractivity contribution in [3.63, 3.8) is 0 Å². The summed E-state index contributed by atoms with van der Waals surface area (Å²) in [5.41, 5.74) is 5.80. The van der Waals surface area contributed by atoms with Gasteiger partial charge in [0.1, 0.15) is 5.82 Å². The second kappa shape index (κ2) is 4.93. The standard InChI is InChI=1S/C12H13BrN4S/c13-9-6-5-8(18-9)11-15-10(16-12(14)17-11)7-3-1-2-4-7/h5-7H,1-4H2,(H2,14,15,16,17). The van der Waals surface area contributed by atoms with Gasteiger partial charge in [0.15, 0.2) is 5.82 Å². The van der Waals surface area contributed by atoms with Gasteiger partial charge in [-0.3, -0.25) is 0 Å². The Kier molecular flexibility index (Phi) is 3.30. The second-order valence-electron chi connectivity index (χ2n) is 4.46. The molecule has 2 aromatic rings. The summed E-state index contributed by atoms with van der Waals surface area (Å²) in [6.07, 6.45) is 4.85. The van der Waals surface area contributed by atoms with Crippen molar-refractivity contribution in [1.29, 1.82) is 0 Å². The number of hydrogen-bond acceptors (Lipinski definition) is 5. The molecule has 0 unspecified atom stereocenters. The lowest BCUT2D eigenvalue weighted by atomic mass is 10.1. The molecule has 0 aliphatic heterocycles. The first-order valence-electron chi connectivity index (χ1n) is 5.99. The van der Waals surface area contributed by atoms with Gasteiger partial charge in [-0.2, -0.15) is 9.97 Å². The third-order valence-electron chi connectivity index (χ3n) is 3.18. The Labute approximate surface area is 118 Å². The minimum absolute atomic E-state index is 0.325. The summed E-state index contributed by atoms with van der Waals surface area (Å²) in [5.74, 6) is 2.34. The number of rotatable bonds is 2. The minimum Gasteiger partial charge on any atom is -0.368 e. The van der Waals surface area contributed by atoms with Crippen LogP contribution in [-0.4, -0.2) is 15.0 Å². The van der Waals surface area contributed by atoms with E-state index in [1.165, 1.54) is 12.8 Å². The van der Waals surface area contributed by atoms with Gasteiger partial charge >= 0.3 is 0 Å². The Bertz CT molecular complexity index is 563. The van der Waals surface area contributed by atoms with Crippen molar-refractivity contribution in [2.45, 2.75) is 31.6 Å². The zero-order chi connectivity index (χ0) is 12.5. The number of thiophene rings is 1. The van der Waals surface area contributed by atoms with E-state index < -0.39 is 0 Å². The molecule has 1 aliphatic rings. The Hall–Kier alpha value is -1.01. The number of nitrogens with zero attached hydrogens (tertiary/aromatic N) is 3. The van der Waals surface area contributed by atoms with E-state index in [0.717, 1.165) is 27.3 Å². The van der Waals surface area contributed by atoms with Gasteiger partial charge < -0.3 is 5.73 Å². The molecule has 3 rings (SSSR count).